The van der Waals surface area contributed by atoms with Crippen molar-refractivity contribution in [3.05, 3.63) is 29.3 Å². The van der Waals surface area contributed by atoms with Crippen LogP contribution in [0.4, 0.5) is 0 Å². The lowest BCUT2D eigenvalue weighted by Gasteiger charge is -2.11. The van der Waals surface area contributed by atoms with Crippen LogP contribution in [-0.4, -0.2) is 18.2 Å². The summed E-state index contributed by atoms with van der Waals surface area (Å²) in [6, 6.07) is 5.88. The summed E-state index contributed by atoms with van der Waals surface area (Å²) >= 11 is 0. The molecule has 1 aromatic carbocycles. The Balaban J connectivity index is 1.80. The Hall–Kier alpha value is -1.84. The van der Waals surface area contributed by atoms with Gasteiger partial charge in [0.05, 0.1) is 0 Å². The Bertz CT molecular complexity index is 582. The van der Waals surface area contributed by atoms with Crippen molar-refractivity contribution in [1.29, 1.82) is 0 Å². The molecule has 0 bridgehead atoms. The minimum absolute atomic E-state index is 0.00106. The highest BCUT2D eigenvalue weighted by atomic mass is 16.5. The van der Waals surface area contributed by atoms with Crippen LogP contribution in [0.25, 0.3) is 0 Å². The van der Waals surface area contributed by atoms with E-state index in [4.69, 9.17) is 4.74 Å². The van der Waals surface area contributed by atoms with Gasteiger partial charge in [0, 0.05) is 5.71 Å². The Morgan fingerprint density at radius 2 is 1.54 bits per heavy atom. The molecule has 26 heavy (non-hydrogen) atoms. The van der Waals surface area contributed by atoms with Gasteiger partial charge < -0.3 is 4.74 Å². The van der Waals surface area contributed by atoms with E-state index in [1.165, 1.54) is 57.8 Å². The predicted octanol–water partition coefficient (Wildman–Crippen LogP) is 5.46. The Labute approximate surface area is 158 Å². The number of rotatable bonds is 4. The summed E-state index contributed by atoms with van der Waals surface area (Å²) in [5, 5.41) is 4.40. The zero-order chi connectivity index (χ0) is 18.6. The molecule has 4 nitrogen and oxygen atoms in total. The number of carbonyl (C=O) groups excluding carboxylic acids is 1. The number of nitrogens with zero attached hydrogens (tertiary/aromatic N) is 1. The normalized spacial score (nSPS) is 16.9. The van der Waals surface area contributed by atoms with Gasteiger partial charge in [0.2, 0.25) is 0 Å². The van der Waals surface area contributed by atoms with Gasteiger partial charge in [-0.3, -0.25) is 4.79 Å². The van der Waals surface area contributed by atoms with Crippen molar-refractivity contribution in [3.63, 3.8) is 0 Å². The molecule has 0 aromatic heterocycles. The Morgan fingerprint density at radius 1 is 0.962 bits per heavy atom. The van der Waals surface area contributed by atoms with Gasteiger partial charge in [-0.2, -0.15) is 5.10 Å². The Kier molecular flexibility index (Phi) is 9.22. The van der Waals surface area contributed by atoms with E-state index in [1.807, 2.05) is 32.0 Å². The molecule has 4 heteroatoms. The fourth-order valence-electron chi connectivity index (χ4n) is 3.33. The van der Waals surface area contributed by atoms with Crippen molar-refractivity contribution in [3.8, 4) is 5.75 Å². The number of hydrogen-bond donors (Lipinski definition) is 1. The van der Waals surface area contributed by atoms with Crippen molar-refractivity contribution in [1.82, 2.24) is 5.43 Å². The van der Waals surface area contributed by atoms with Crippen molar-refractivity contribution >= 4 is 11.6 Å². The van der Waals surface area contributed by atoms with Crippen LogP contribution in [0.2, 0.25) is 0 Å². The number of aryl methyl sites for hydroxylation is 1. The topological polar surface area (TPSA) is 50.7 Å². The highest BCUT2D eigenvalue weighted by Crippen LogP contribution is 2.20. The summed E-state index contributed by atoms with van der Waals surface area (Å²) in [5.41, 5.74) is 6.06. The third-order valence-corrected chi connectivity index (χ3v) is 5.18. The zero-order valence-corrected chi connectivity index (χ0v) is 16.5. The molecule has 0 unspecified atom stereocenters. The van der Waals surface area contributed by atoms with E-state index in [-0.39, 0.29) is 12.5 Å². The van der Waals surface area contributed by atoms with E-state index in [1.54, 1.807) is 0 Å². The van der Waals surface area contributed by atoms with Crippen molar-refractivity contribution in [2.45, 2.75) is 84.5 Å². The molecule has 0 saturated heterocycles. The average molecular weight is 359 g/mol. The monoisotopic (exact) mass is 358 g/mol. The third kappa shape index (κ3) is 7.59. The zero-order valence-electron chi connectivity index (χ0n) is 16.5. The molecular formula is C22H34N2O2. The van der Waals surface area contributed by atoms with Crippen LogP contribution in [0.3, 0.4) is 0 Å². The Morgan fingerprint density at radius 3 is 2.15 bits per heavy atom. The molecule has 144 valence electrons. The second kappa shape index (κ2) is 11.7. The first-order valence-electron chi connectivity index (χ1n) is 10.2. The van der Waals surface area contributed by atoms with Crippen LogP contribution in [-0.2, 0) is 4.79 Å². The van der Waals surface area contributed by atoms with E-state index in [0.29, 0.717) is 0 Å². The number of nitrogens with one attached hydrogen (secondary N) is 1. The van der Waals surface area contributed by atoms with E-state index in [2.05, 4.69) is 10.5 Å². The van der Waals surface area contributed by atoms with Gasteiger partial charge in [-0.25, -0.2) is 5.43 Å². The number of ether oxygens (including phenoxy) is 1. The van der Waals surface area contributed by atoms with Crippen molar-refractivity contribution in [2.24, 2.45) is 5.10 Å². The lowest BCUT2D eigenvalue weighted by Crippen LogP contribution is -2.26. The first-order chi connectivity index (χ1) is 12.7. The van der Waals surface area contributed by atoms with Crippen LogP contribution in [0.1, 0.15) is 81.8 Å². The average Bonchev–Trinajstić information content (AvgIpc) is 2.62. The van der Waals surface area contributed by atoms with Gasteiger partial charge in [-0.1, -0.05) is 57.1 Å². The van der Waals surface area contributed by atoms with Gasteiger partial charge in [0.15, 0.2) is 6.61 Å². The highest BCUT2D eigenvalue weighted by Gasteiger charge is 2.07. The van der Waals surface area contributed by atoms with Gasteiger partial charge in [0.25, 0.3) is 5.91 Å². The van der Waals surface area contributed by atoms with E-state index in [0.717, 1.165) is 35.4 Å². The van der Waals surface area contributed by atoms with Crippen LogP contribution >= 0.6 is 0 Å². The highest BCUT2D eigenvalue weighted by molar-refractivity contribution is 5.86. The molecule has 1 saturated carbocycles. The predicted molar refractivity (Wildman–Crippen MR) is 108 cm³/mol. The molecule has 1 N–H and O–H groups in total. The lowest BCUT2D eigenvalue weighted by molar-refractivity contribution is -0.123. The fourth-order valence-corrected chi connectivity index (χ4v) is 3.33. The summed E-state index contributed by atoms with van der Waals surface area (Å²) in [7, 11) is 0. The van der Waals surface area contributed by atoms with E-state index < -0.39 is 0 Å². The minimum Gasteiger partial charge on any atom is -0.483 e. The fraction of sp³-hybridized carbons (Fsp3) is 0.636. The van der Waals surface area contributed by atoms with E-state index in [9.17, 15) is 4.79 Å². The third-order valence-electron chi connectivity index (χ3n) is 5.18. The quantitative estimate of drug-likeness (QED) is 0.727. The van der Waals surface area contributed by atoms with Gasteiger partial charge in [0.1, 0.15) is 5.75 Å². The number of carbonyl (C=O) groups is 1. The molecule has 2 rings (SSSR count). The first-order valence-corrected chi connectivity index (χ1v) is 10.2. The maximum Gasteiger partial charge on any atom is 0.277 e. The van der Waals surface area contributed by atoms with Crippen LogP contribution in [0.15, 0.2) is 23.3 Å². The molecule has 0 radical (unpaired) electrons. The van der Waals surface area contributed by atoms with Crippen LogP contribution in [0, 0.1) is 13.8 Å². The number of amides is 1. The van der Waals surface area contributed by atoms with Crippen LogP contribution in [0.5, 0.6) is 5.75 Å². The van der Waals surface area contributed by atoms with Crippen molar-refractivity contribution < 1.29 is 9.53 Å². The maximum atomic E-state index is 12.1. The standard InChI is InChI=1S/C22H34N2O2/c1-18-13-12-16-21(19(18)2)26-17-22(25)24-23-20-14-10-8-6-4-3-5-7-9-11-15-20/h12-13,16H,3-11,14-15,17H2,1-2H3,(H,24,25). The van der Waals surface area contributed by atoms with Gasteiger partial charge in [-0.05, 0) is 56.7 Å². The second-order valence-corrected chi connectivity index (χ2v) is 7.38. The molecule has 0 spiro atoms. The summed E-state index contributed by atoms with van der Waals surface area (Å²) in [4.78, 5) is 12.1. The maximum absolute atomic E-state index is 12.1. The molecule has 1 aromatic rings. The second-order valence-electron chi connectivity index (χ2n) is 7.38. The molecule has 0 aliphatic heterocycles. The molecule has 0 heterocycles. The summed E-state index contributed by atoms with van der Waals surface area (Å²) in [6.45, 7) is 4.05. The number of hydrogen-bond acceptors (Lipinski definition) is 3. The lowest BCUT2D eigenvalue weighted by atomic mass is 10.00. The largest absolute Gasteiger partial charge is 0.483 e. The molecule has 1 amide bonds. The molecule has 1 aliphatic carbocycles. The van der Waals surface area contributed by atoms with E-state index >= 15 is 0 Å². The smallest absolute Gasteiger partial charge is 0.277 e. The van der Waals surface area contributed by atoms with Gasteiger partial charge in [-0.15, -0.1) is 0 Å². The summed E-state index contributed by atoms with van der Waals surface area (Å²) in [5.74, 6) is 0.573. The SMILES string of the molecule is Cc1cccc(OCC(=O)NN=C2CCCCCCCCCCC2)c1C. The number of hydrazone groups is 1. The molecular weight excluding hydrogens is 324 g/mol. The summed E-state index contributed by atoms with van der Waals surface area (Å²) in [6.07, 6.45) is 13.6. The number of benzene rings is 1. The van der Waals surface area contributed by atoms with Crippen LogP contribution < -0.4 is 10.2 Å². The minimum atomic E-state index is -0.190. The summed E-state index contributed by atoms with van der Waals surface area (Å²) < 4.78 is 5.65. The first kappa shape index (κ1) is 20.5. The molecule has 0 atom stereocenters. The van der Waals surface area contributed by atoms with Gasteiger partial charge >= 0.3 is 0 Å². The van der Waals surface area contributed by atoms with Crippen molar-refractivity contribution in [2.75, 3.05) is 6.61 Å². The molecule has 1 aliphatic rings. The molecule has 1 fully saturated rings.